The summed E-state index contributed by atoms with van der Waals surface area (Å²) in [6, 6.07) is 0. The van der Waals surface area contributed by atoms with Crippen LogP contribution in [0.4, 0.5) is 0 Å². The van der Waals surface area contributed by atoms with Crippen LogP contribution in [0.25, 0.3) is 0 Å². The highest BCUT2D eigenvalue weighted by Crippen LogP contribution is 2.31. The van der Waals surface area contributed by atoms with Crippen LogP contribution in [0.5, 0.6) is 0 Å². The summed E-state index contributed by atoms with van der Waals surface area (Å²) in [5.74, 6) is 0. The Balaban J connectivity index is 2.83. The van der Waals surface area contributed by atoms with Gasteiger partial charge in [0, 0.05) is 44.4 Å². The summed E-state index contributed by atoms with van der Waals surface area (Å²) in [5.41, 5.74) is 5.72. The van der Waals surface area contributed by atoms with Gasteiger partial charge in [-0.15, -0.1) is 0 Å². The van der Waals surface area contributed by atoms with E-state index in [4.69, 9.17) is 15.2 Å². The monoisotopic (exact) mass is 262 g/mol. The molecular formula is C12H26N2O2S. The smallest absolute Gasteiger partial charge is 0.176 e. The normalized spacial score (nSPS) is 30.5. The SMILES string of the molecule is COC(OC)C(C)(CN)N1CC(C)SC(C)C1. The number of nitrogens with two attached hydrogens (primary N) is 1. The van der Waals surface area contributed by atoms with E-state index in [-0.39, 0.29) is 11.8 Å². The van der Waals surface area contributed by atoms with E-state index < -0.39 is 0 Å². The third-order valence-electron chi connectivity index (χ3n) is 3.49. The Morgan fingerprint density at radius 2 is 1.76 bits per heavy atom. The highest BCUT2D eigenvalue weighted by atomic mass is 32.2. The fraction of sp³-hybridized carbons (Fsp3) is 1.00. The minimum absolute atomic E-state index is 0.257. The minimum atomic E-state index is -0.282. The first-order valence-corrected chi connectivity index (χ1v) is 7.08. The van der Waals surface area contributed by atoms with Crippen molar-refractivity contribution in [1.82, 2.24) is 4.90 Å². The molecule has 1 aliphatic rings. The predicted molar refractivity (Wildman–Crippen MR) is 73.4 cm³/mol. The Kier molecular flexibility index (Phi) is 5.73. The van der Waals surface area contributed by atoms with Crippen molar-refractivity contribution in [3.05, 3.63) is 0 Å². The number of thioether (sulfide) groups is 1. The van der Waals surface area contributed by atoms with Crippen LogP contribution in [0.2, 0.25) is 0 Å². The van der Waals surface area contributed by atoms with E-state index in [0.717, 1.165) is 13.1 Å². The summed E-state index contributed by atoms with van der Waals surface area (Å²) in [6.45, 7) is 9.25. The van der Waals surface area contributed by atoms with E-state index in [2.05, 4.69) is 25.7 Å². The highest BCUT2D eigenvalue weighted by molar-refractivity contribution is 8.00. The van der Waals surface area contributed by atoms with Crippen LogP contribution in [0.3, 0.4) is 0 Å². The average Bonchev–Trinajstić information content (AvgIpc) is 2.28. The molecule has 3 atom stereocenters. The van der Waals surface area contributed by atoms with Gasteiger partial charge >= 0.3 is 0 Å². The Morgan fingerprint density at radius 3 is 2.12 bits per heavy atom. The number of hydrogen-bond donors (Lipinski definition) is 1. The Labute approximate surface area is 109 Å². The Morgan fingerprint density at radius 1 is 1.29 bits per heavy atom. The van der Waals surface area contributed by atoms with Crippen LogP contribution in [0.15, 0.2) is 0 Å². The molecule has 0 spiro atoms. The molecule has 0 aromatic rings. The minimum Gasteiger partial charge on any atom is -0.354 e. The van der Waals surface area contributed by atoms with Crippen molar-refractivity contribution in [3.8, 4) is 0 Å². The second kappa shape index (κ2) is 6.38. The van der Waals surface area contributed by atoms with Gasteiger partial charge in [-0.1, -0.05) is 13.8 Å². The van der Waals surface area contributed by atoms with Crippen LogP contribution >= 0.6 is 11.8 Å². The number of ether oxygens (including phenoxy) is 2. The summed E-state index contributed by atoms with van der Waals surface area (Å²) in [7, 11) is 3.35. The van der Waals surface area contributed by atoms with E-state index in [1.807, 2.05) is 11.8 Å². The molecule has 5 heteroatoms. The molecule has 1 aliphatic heterocycles. The van der Waals surface area contributed by atoms with Crippen molar-refractivity contribution in [3.63, 3.8) is 0 Å². The molecule has 1 heterocycles. The third-order valence-corrected chi connectivity index (χ3v) is 4.72. The van der Waals surface area contributed by atoms with Crippen molar-refractivity contribution in [2.75, 3.05) is 33.9 Å². The van der Waals surface area contributed by atoms with Gasteiger partial charge in [0.25, 0.3) is 0 Å². The number of nitrogens with zero attached hydrogens (tertiary/aromatic N) is 1. The van der Waals surface area contributed by atoms with Gasteiger partial charge in [-0.05, 0) is 6.92 Å². The van der Waals surface area contributed by atoms with E-state index in [1.54, 1.807) is 14.2 Å². The van der Waals surface area contributed by atoms with Crippen LogP contribution < -0.4 is 5.73 Å². The zero-order chi connectivity index (χ0) is 13.1. The van der Waals surface area contributed by atoms with Gasteiger partial charge in [0.1, 0.15) is 0 Å². The molecule has 1 saturated heterocycles. The van der Waals surface area contributed by atoms with Gasteiger partial charge in [-0.3, -0.25) is 4.90 Å². The molecule has 102 valence electrons. The van der Waals surface area contributed by atoms with Gasteiger partial charge < -0.3 is 15.2 Å². The summed E-state index contributed by atoms with van der Waals surface area (Å²) in [5, 5.41) is 1.25. The van der Waals surface area contributed by atoms with Crippen molar-refractivity contribution in [2.24, 2.45) is 5.73 Å². The van der Waals surface area contributed by atoms with E-state index in [0.29, 0.717) is 17.0 Å². The summed E-state index contributed by atoms with van der Waals surface area (Å²) >= 11 is 2.03. The standard InChI is InChI=1S/C12H26N2O2S/c1-9-6-14(7-10(2)17-9)12(3,8-13)11(15-4)16-5/h9-11H,6-8,13H2,1-5H3. The molecule has 0 aromatic carbocycles. The fourth-order valence-corrected chi connectivity index (χ4v) is 3.90. The second-order valence-corrected chi connectivity index (χ2v) is 6.91. The maximum absolute atomic E-state index is 5.97. The molecule has 0 radical (unpaired) electrons. The van der Waals surface area contributed by atoms with Gasteiger partial charge in [0.15, 0.2) is 6.29 Å². The molecule has 2 N–H and O–H groups in total. The fourth-order valence-electron chi connectivity index (χ4n) is 2.57. The van der Waals surface area contributed by atoms with Crippen molar-refractivity contribution < 1.29 is 9.47 Å². The highest BCUT2D eigenvalue weighted by Gasteiger charge is 2.42. The number of rotatable bonds is 5. The second-order valence-electron chi connectivity index (χ2n) is 5.03. The summed E-state index contributed by atoms with van der Waals surface area (Å²) in [6.07, 6.45) is -0.282. The molecule has 1 fully saturated rings. The zero-order valence-electron chi connectivity index (χ0n) is 11.6. The van der Waals surface area contributed by atoms with E-state index >= 15 is 0 Å². The Bertz CT molecular complexity index is 229. The molecule has 3 unspecified atom stereocenters. The van der Waals surface area contributed by atoms with Gasteiger partial charge in [0.05, 0.1) is 5.54 Å². The molecule has 0 saturated carbocycles. The maximum Gasteiger partial charge on any atom is 0.176 e. The van der Waals surface area contributed by atoms with Crippen LogP contribution in [0, 0.1) is 0 Å². The molecule has 1 rings (SSSR count). The lowest BCUT2D eigenvalue weighted by Crippen LogP contribution is -2.63. The van der Waals surface area contributed by atoms with Gasteiger partial charge in [-0.25, -0.2) is 0 Å². The van der Waals surface area contributed by atoms with Crippen molar-refractivity contribution in [1.29, 1.82) is 0 Å². The largest absolute Gasteiger partial charge is 0.354 e. The lowest BCUT2D eigenvalue weighted by atomic mass is 9.97. The van der Waals surface area contributed by atoms with E-state index in [9.17, 15) is 0 Å². The zero-order valence-corrected chi connectivity index (χ0v) is 12.4. The molecular weight excluding hydrogens is 236 g/mol. The van der Waals surface area contributed by atoms with Crippen molar-refractivity contribution >= 4 is 11.8 Å². The van der Waals surface area contributed by atoms with Crippen LogP contribution in [-0.4, -0.2) is 61.1 Å². The van der Waals surface area contributed by atoms with E-state index in [1.165, 1.54) is 0 Å². The lowest BCUT2D eigenvalue weighted by Gasteiger charge is -2.48. The molecule has 0 aromatic heterocycles. The molecule has 0 aliphatic carbocycles. The third kappa shape index (κ3) is 3.35. The molecule has 0 bridgehead atoms. The summed E-state index contributed by atoms with van der Waals surface area (Å²) in [4.78, 5) is 2.41. The number of methoxy groups -OCH3 is 2. The first-order valence-electron chi connectivity index (χ1n) is 6.14. The molecule has 4 nitrogen and oxygen atoms in total. The maximum atomic E-state index is 5.97. The Hall–Kier alpha value is 0.190. The topological polar surface area (TPSA) is 47.7 Å². The van der Waals surface area contributed by atoms with Crippen molar-refractivity contribution in [2.45, 2.75) is 43.1 Å². The lowest BCUT2D eigenvalue weighted by molar-refractivity contribution is -0.181. The summed E-state index contributed by atoms with van der Waals surface area (Å²) < 4.78 is 10.9. The molecule has 0 amide bonds. The quantitative estimate of drug-likeness (QED) is 0.753. The van der Waals surface area contributed by atoms with Crippen LogP contribution in [0.1, 0.15) is 20.8 Å². The van der Waals surface area contributed by atoms with Gasteiger partial charge in [0.2, 0.25) is 0 Å². The predicted octanol–water partition coefficient (Wildman–Crippen LogP) is 1.15. The molecule has 17 heavy (non-hydrogen) atoms. The van der Waals surface area contributed by atoms with Gasteiger partial charge in [-0.2, -0.15) is 11.8 Å². The average molecular weight is 262 g/mol. The first kappa shape index (κ1) is 15.2. The van der Waals surface area contributed by atoms with Crippen LogP contribution in [-0.2, 0) is 9.47 Å². The first-order chi connectivity index (χ1) is 7.97. The number of hydrogen-bond acceptors (Lipinski definition) is 5.